The van der Waals surface area contributed by atoms with Crippen LogP contribution in [-0.2, 0) is 41.9 Å². The van der Waals surface area contributed by atoms with Gasteiger partial charge in [0.25, 0.3) is 0 Å². The van der Waals surface area contributed by atoms with E-state index in [0.29, 0.717) is 12.2 Å². The predicted octanol–water partition coefficient (Wildman–Crippen LogP) is -0.309. The molecule has 0 aromatic heterocycles. The summed E-state index contributed by atoms with van der Waals surface area (Å²) in [5, 5.41) is 19.9. The van der Waals surface area contributed by atoms with Crippen molar-refractivity contribution in [1.82, 2.24) is 0 Å². The van der Waals surface area contributed by atoms with Crippen LogP contribution in [0.4, 0.5) is 0 Å². The van der Waals surface area contributed by atoms with Gasteiger partial charge >= 0.3 is 49.7 Å². The van der Waals surface area contributed by atoms with E-state index in [0.717, 1.165) is 23.3 Å². The van der Waals surface area contributed by atoms with Gasteiger partial charge in [-0.15, -0.1) is 0 Å². The number of esters is 2. The molecule has 0 unspecified atom stereocenters. The molecule has 2 aromatic carbocycles. The molecule has 0 radical (unpaired) electrons. The van der Waals surface area contributed by atoms with E-state index in [1.807, 2.05) is 36.4 Å². The number of carboxylic acids is 2. The van der Waals surface area contributed by atoms with Gasteiger partial charge in [-0.3, -0.25) is 0 Å². The number of benzene rings is 2. The average molecular weight is 450 g/mol. The second kappa shape index (κ2) is 16.8. The normalized spacial score (nSPS) is 9.81. The summed E-state index contributed by atoms with van der Waals surface area (Å²) in [5.74, 6) is -4.26. The summed E-state index contributed by atoms with van der Waals surface area (Å²) in [5.41, 5.74) is 1.68. The third kappa shape index (κ3) is 15.5. The Morgan fingerprint density at radius 3 is 1.23 bits per heavy atom. The molecular formula is C22H18CaO8. The number of ether oxygens (including phenoxy) is 2. The number of hydrogen-bond acceptors (Lipinski definition) is 8. The summed E-state index contributed by atoms with van der Waals surface area (Å²) in [6.45, 7) is 0.244. The van der Waals surface area contributed by atoms with Crippen LogP contribution in [-0.4, -0.2) is 61.6 Å². The number of rotatable bonds is 8. The molecule has 0 saturated heterocycles. The predicted molar refractivity (Wildman–Crippen MR) is 107 cm³/mol. The quantitative estimate of drug-likeness (QED) is 0.304. The monoisotopic (exact) mass is 450 g/mol. The van der Waals surface area contributed by atoms with Crippen LogP contribution in [0.15, 0.2) is 85.0 Å². The summed E-state index contributed by atoms with van der Waals surface area (Å²) in [6.07, 6.45) is 2.90. The Balaban J connectivity index is 0.000000562. The fraction of sp³-hybridized carbons (Fsp3) is 0.0909. The maximum absolute atomic E-state index is 10.9. The van der Waals surface area contributed by atoms with Crippen LogP contribution in [0, 0.1) is 0 Å². The standard InChI is InChI=1S/2C11H10O4.Ca/c2*12-10(13)6-7-11(14)15-8-9-4-2-1-3-5-9;/h2*1-7H,8H2,(H,12,13);/q;;+2/p-2/b2*7-6-;. The molecule has 0 amide bonds. The second-order valence-electron chi connectivity index (χ2n) is 5.49. The first-order valence-corrected chi connectivity index (χ1v) is 8.56. The van der Waals surface area contributed by atoms with Gasteiger partial charge in [0.05, 0.1) is 11.9 Å². The van der Waals surface area contributed by atoms with Gasteiger partial charge in [0.2, 0.25) is 0 Å². The number of carbonyl (C=O) groups is 4. The van der Waals surface area contributed by atoms with Crippen molar-refractivity contribution in [2.75, 3.05) is 0 Å². The first kappa shape index (κ1) is 28.1. The van der Waals surface area contributed by atoms with E-state index in [4.69, 9.17) is 9.47 Å². The van der Waals surface area contributed by atoms with Crippen molar-refractivity contribution < 1.29 is 38.9 Å². The Hall–Kier alpha value is -2.94. The van der Waals surface area contributed by atoms with Crippen LogP contribution >= 0.6 is 0 Å². The van der Waals surface area contributed by atoms with E-state index in [1.54, 1.807) is 24.3 Å². The molecule has 0 saturated carbocycles. The Morgan fingerprint density at radius 2 is 0.935 bits per heavy atom. The number of carboxylic acid groups (broad SMARTS) is 2. The molecule has 0 fully saturated rings. The van der Waals surface area contributed by atoms with E-state index in [-0.39, 0.29) is 51.0 Å². The molecule has 9 heteroatoms. The summed E-state index contributed by atoms with van der Waals surface area (Å²) >= 11 is 0. The van der Waals surface area contributed by atoms with E-state index >= 15 is 0 Å². The molecule has 0 aliphatic heterocycles. The summed E-state index contributed by atoms with van der Waals surface area (Å²) in [4.78, 5) is 41.8. The van der Waals surface area contributed by atoms with Crippen molar-refractivity contribution in [3.8, 4) is 0 Å². The molecule has 0 aliphatic carbocycles. The van der Waals surface area contributed by atoms with Crippen LogP contribution in [0.2, 0.25) is 0 Å². The zero-order valence-electron chi connectivity index (χ0n) is 16.5. The van der Waals surface area contributed by atoms with Gasteiger partial charge in [-0.1, -0.05) is 60.7 Å². The van der Waals surface area contributed by atoms with Gasteiger partial charge in [0.1, 0.15) is 13.2 Å². The number of hydrogen-bond donors (Lipinski definition) is 0. The molecule has 31 heavy (non-hydrogen) atoms. The average Bonchev–Trinajstić information content (AvgIpc) is 2.75. The fourth-order valence-corrected chi connectivity index (χ4v) is 1.83. The minimum Gasteiger partial charge on any atom is -0.545 e. The van der Waals surface area contributed by atoms with Crippen molar-refractivity contribution in [2.24, 2.45) is 0 Å². The zero-order valence-corrected chi connectivity index (χ0v) is 18.7. The first-order valence-electron chi connectivity index (χ1n) is 8.56. The van der Waals surface area contributed by atoms with Gasteiger partial charge in [-0.2, -0.15) is 0 Å². The Morgan fingerprint density at radius 1 is 0.613 bits per heavy atom. The fourth-order valence-electron chi connectivity index (χ4n) is 1.83. The van der Waals surface area contributed by atoms with E-state index in [1.165, 1.54) is 0 Å². The molecule has 8 nitrogen and oxygen atoms in total. The van der Waals surface area contributed by atoms with Crippen LogP contribution in [0.1, 0.15) is 11.1 Å². The van der Waals surface area contributed by atoms with Gasteiger partial charge in [0.15, 0.2) is 0 Å². The van der Waals surface area contributed by atoms with E-state index < -0.39 is 23.9 Å². The van der Waals surface area contributed by atoms with Crippen molar-refractivity contribution >= 4 is 61.6 Å². The molecule has 156 valence electrons. The number of aliphatic carboxylic acids is 2. The molecule has 0 atom stereocenters. The van der Waals surface area contributed by atoms with Gasteiger partial charge < -0.3 is 29.3 Å². The molecule has 2 aromatic rings. The molecule has 0 aliphatic rings. The Bertz CT molecular complexity index is 817. The third-order valence-electron chi connectivity index (χ3n) is 3.16. The largest absolute Gasteiger partial charge is 2.00 e. The summed E-state index contributed by atoms with van der Waals surface area (Å²) < 4.78 is 9.52. The molecule has 0 bridgehead atoms. The molecule has 2 rings (SSSR count). The summed E-state index contributed by atoms with van der Waals surface area (Å²) in [7, 11) is 0. The van der Waals surface area contributed by atoms with Gasteiger partial charge in [-0.25, -0.2) is 9.59 Å². The van der Waals surface area contributed by atoms with Crippen molar-refractivity contribution in [1.29, 1.82) is 0 Å². The van der Waals surface area contributed by atoms with E-state index in [2.05, 4.69) is 0 Å². The van der Waals surface area contributed by atoms with Crippen molar-refractivity contribution in [2.45, 2.75) is 13.2 Å². The van der Waals surface area contributed by atoms with E-state index in [9.17, 15) is 29.4 Å². The Labute approximate surface area is 208 Å². The smallest absolute Gasteiger partial charge is 0.545 e. The second-order valence-corrected chi connectivity index (χ2v) is 5.49. The van der Waals surface area contributed by atoms with Crippen molar-refractivity contribution in [3.63, 3.8) is 0 Å². The van der Waals surface area contributed by atoms with Crippen LogP contribution in [0.3, 0.4) is 0 Å². The SMILES string of the molecule is O=C([O-])/C=C\C(=O)OCc1ccccc1.O=C([O-])/C=C\C(=O)OCc1ccccc1.[Ca+2]. The van der Waals surface area contributed by atoms with Crippen LogP contribution in [0.25, 0.3) is 0 Å². The minimum absolute atomic E-state index is 0. The summed E-state index contributed by atoms with van der Waals surface area (Å²) in [6, 6.07) is 18.2. The molecule has 0 heterocycles. The van der Waals surface area contributed by atoms with Crippen LogP contribution in [0.5, 0.6) is 0 Å². The topological polar surface area (TPSA) is 133 Å². The molecule has 0 spiro atoms. The van der Waals surface area contributed by atoms with Gasteiger partial charge in [0, 0.05) is 12.2 Å². The third-order valence-corrected chi connectivity index (χ3v) is 3.16. The van der Waals surface area contributed by atoms with Gasteiger partial charge in [-0.05, 0) is 23.3 Å². The maximum atomic E-state index is 10.9. The number of carbonyl (C=O) groups excluding carboxylic acids is 4. The maximum Gasteiger partial charge on any atom is 2.00 e. The zero-order chi connectivity index (χ0) is 22.2. The van der Waals surface area contributed by atoms with Crippen molar-refractivity contribution in [3.05, 3.63) is 96.1 Å². The van der Waals surface area contributed by atoms with Crippen LogP contribution < -0.4 is 10.2 Å². The molecule has 0 N–H and O–H groups in total. The molecular weight excluding hydrogens is 432 g/mol. The Kier molecular flexibility index (Phi) is 15.2. The first-order chi connectivity index (χ1) is 14.4. The minimum atomic E-state index is -1.42.